The maximum atomic E-state index is 11.9. The Morgan fingerprint density at radius 1 is 1.31 bits per heavy atom. The van der Waals surface area contributed by atoms with Crippen molar-refractivity contribution in [2.45, 2.75) is 38.4 Å². The maximum absolute atomic E-state index is 11.9. The number of fused-ring (bicyclic) bond motifs is 1. The molecule has 0 spiro atoms. The van der Waals surface area contributed by atoms with Crippen LogP contribution in [0.4, 0.5) is 0 Å². The van der Waals surface area contributed by atoms with Crippen LogP contribution in [0.15, 0.2) is 18.2 Å². The molecule has 0 atom stereocenters. The van der Waals surface area contributed by atoms with E-state index in [-0.39, 0.29) is 5.78 Å². The van der Waals surface area contributed by atoms with Crippen LogP contribution in [0, 0.1) is 0 Å². The van der Waals surface area contributed by atoms with Crippen molar-refractivity contribution >= 4 is 17.5 Å². The number of carbonyl (C=O) groups is 1. The number of Topliss-reactive ketones (excluding diaryl/α,β-unsaturated/α-hetero) is 1. The van der Waals surface area contributed by atoms with Gasteiger partial charge in [0, 0.05) is 5.56 Å². The minimum atomic E-state index is 0.272. The first-order valence-corrected chi connectivity index (χ1v) is 6.98. The first-order valence-electron chi connectivity index (χ1n) is 5.93. The molecule has 0 aromatic heterocycles. The first kappa shape index (κ1) is 11.7. The van der Waals surface area contributed by atoms with E-state index in [4.69, 9.17) is 0 Å². The molecule has 1 aromatic rings. The molecule has 0 aliphatic heterocycles. The molecule has 16 heavy (non-hydrogen) atoms. The molecule has 1 aromatic carbocycles. The molecule has 0 saturated heterocycles. The number of thioether (sulfide) groups is 1. The van der Waals surface area contributed by atoms with E-state index in [0.29, 0.717) is 11.0 Å². The summed E-state index contributed by atoms with van der Waals surface area (Å²) in [6.45, 7) is 4.25. The first-order chi connectivity index (χ1) is 7.66. The Balaban J connectivity index is 2.06. The fourth-order valence-corrected chi connectivity index (χ4v) is 2.72. The lowest BCUT2D eigenvalue weighted by atomic mass is 10.0. The van der Waals surface area contributed by atoms with Crippen molar-refractivity contribution in [2.24, 2.45) is 0 Å². The Labute approximate surface area is 102 Å². The fourth-order valence-electron chi connectivity index (χ4n) is 2.07. The molecule has 0 radical (unpaired) electrons. The molecule has 1 nitrogen and oxygen atoms in total. The monoisotopic (exact) mass is 234 g/mol. The zero-order valence-corrected chi connectivity index (χ0v) is 10.8. The summed E-state index contributed by atoms with van der Waals surface area (Å²) < 4.78 is 0. The zero-order chi connectivity index (χ0) is 11.5. The molecule has 0 unspecified atom stereocenters. The van der Waals surface area contributed by atoms with E-state index in [9.17, 15) is 4.79 Å². The van der Waals surface area contributed by atoms with Crippen molar-refractivity contribution in [3.8, 4) is 0 Å². The molecule has 2 heteroatoms. The molecular weight excluding hydrogens is 216 g/mol. The highest BCUT2D eigenvalue weighted by molar-refractivity contribution is 8.00. The predicted molar refractivity (Wildman–Crippen MR) is 70.4 cm³/mol. The van der Waals surface area contributed by atoms with Gasteiger partial charge in [-0.2, -0.15) is 11.8 Å². The number of aryl methyl sites for hydroxylation is 2. The summed E-state index contributed by atoms with van der Waals surface area (Å²) >= 11 is 1.72. The van der Waals surface area contributed by atoms with Crippen LogP contribution in [0.1, 0.15) is 41.8 Å². The van der Waals surface area contributed by atoms with E-state index in [0.717, 1.165) is 12.0 Å². The van der Waals surface area contributed by atoms with Crippen molar-refractivity contribution in [1.29, 1.82) is 0 Å². The van der Waals surface area contributed by atoms with Gasteiger partial charge in [-0.3, -0.25) is 4.79 Å². The fraction of sp³-hybridized carbons (Fsp3) is 0.500. The van der Waals surface area contributed by atoms with E-state index in [1.807, 2.05) is 6.07 Å². The topological polar surface area (TPSA) is 17.1 Å². The van der Waals surface area contributed by atoms with Crippen LogP contribution in [0.2, 0.25) is 0 Å². The standard InChI is InChI=1S/C14H18OS/c1-10(2)16-9-14(15)13-7-6-11-4-3-5-12(11)8-13/h6-8,10H,3-5,9H2,1-2H3. The van der Waals surface area contributed by atoms with Gasteiger partial charge in [-0.25, -0.2) is 0 Å². The number of benzene rings is 1. The van der Waals surface area contributed by atoms with Crippen molar-refractivity contribution in [3.05, 3.63) is 34.9 Å². The number of rotatable bonds is 4. The van der Waals surface area contributed by atoms with Crippen LogP contribution in [-0.2, 0) is 12.8 Å². The van der Waals surface area contributed by atoms with Gasteiger partial charge in [0.2, 0.25) is 0 Å². The van der Waals surface area contributed by atoms with Gasteiger partial charge in [-0.15, -0.1) is 0 Å². The zero-order valence-electron chi connectivity index (χ0n) is 9.95. The van der Waals surface area contributed by atoms with Crippen LogP contribution >= 0.6 is 11.8 Å². The molecule has 0 heterocycles. The van der Waals surface area contributed by atoms with E-state index < -0.39 is 0 Å². The number of carbonyl (C=O) groups excluding carboxylic acids is 1. The van der Waals surface area contributed by atoms with Crippen molar-refractivity contribution in [2.75, 3.05) is 5.75 Å². The van der Waals surface area contributed by atoms with Gasteiger partial charge >= 0.3 is 0 Å². The summed E-state index contributed by atoms with van der Waals surface area (Å²) in [5.74, 6) is 0.879. The van der Waals surface area contributed by atoms with Crippen molar-refractivity contribution in [3.63, 3.8) is 0 Å². The van der Waals surface area contributed by atoms with Crippen LogP contribution in [-0.4, -0.2) is 16.8 Å². The lowest BCUT2D eigenvalue weighted by molar-refractivity contribution is 0.102. The average Bonchev–Trinajstić information content (AvgIpc) is 2.72. The minimum Gasteiger partial charge on any atom is -0.293 e. The third-order valence-electron chi connectivity index (χ3n) is 2.97. The second-order valence-corrected chi connectivity index (χ2v) is 6.18. The van der Waals surface area contributed by atoms with Gasteiger partial charge in [0.15, 0.2) is 5.78 Å². The van der Waals surface area contributed by atoms with Gasteiger partial charge in [0.1, 0.15) is 0 Å². The highest BCUT2D eigenvalue weighted by atomic mass is 32.2. The average molecular weight is 234 g/mol. The summed E-state index contributed by atoms with van der Waals surface area (Å²) in [4.78, 5) is 11.9. The SMILES string of the molecule is CC(C)SCC(=O)c1ccc2c(c1)CCC2. The van der Waals surface area contributed by atoms with Crippen LogP contribution in [0.3, 0.4) is 0 Å². The molecular formula is C14H18OS. The second-order valence-electron chi connectivity index (χ2n) is 4.62. The van der Waals surface area contributed by atoms with Crippen LogP contribution in [0.5, 0.6) is 0 Å². The number of hydrogen-bond acceptors (Lipinski definition) is 2. The molecule has 0 saturated carbocycles. The highest BCUT2D eigenvalue weighted by Crippen LogP contribution is 2.23. The van der Waals surface area contributed by atoms with E-state index in [1.165, 1.54) is 24.0 Å². The Hall–Kier alpha value is -0.760. The van der Waals surface area contributed by atoms with Crippen molar-refractivity contribution in [1.82, 2.24) is 0 Å². The summed E-state index contributed by atoms with van der Waals surface area (Å²) in [7, 11) is 0. The molecule has 0 amide bonds. The van der Waals surface area contributed by atoms with Crippen molar-refractivity contribution < 1.29 is 4.79 Å². The van der Waals surface area contributed by atoms with Gasteiger partial charge in [0.05, 0.1) is 5.75 Å². The second kappa shape index (κ2) is 5.05. The van der Waals surface area contributed by atoms with E-state index >= 15 is 0 Å². The molecule has 0 fully saturated rings. The molecule has 1 aliphatic rings. The summed E-state index contributed by atoms with van der Waals surface area (Å²) in [6.07, 6.45) is 3.58. The highest BCUT2D eigenvalue weighted by Gasteiger charge is 2.14. The number of hydrogen-bond donors (Lipinski definition) is 0. The lowest BCUT2D eigenvalue weighted by Crippen LogP contribution is -2.05. The Morgan fingerprint density at radius 3 is 2.81 bits per heavy atom. The van der Waals surface area contributed by atoms with Gasteiger partial charge < -0.3 is 0 Å². The molecule has 1 aliphatic carbocycles. The van der Waals surface area contributed by atoms with E-state index in [2.05, 4.69) is 26.0 Å². The largest absolute Gasteiger partial charge is 0.293 e. The van der Waals surface area contributed by atoms with Gasteiger partial charge in [-0.1, -0.05) is 26.0 Å². The normalized spacial score (nSPS) is 14.2. The quantitative estimate of drug-likeness (QED) is 0.742. The van der Waals surface area contributed by atoms with E-state index in [1.54, 1.807) is 11.8 Å². The lowest BCUT2D eigenvalue weighted by Gasteiger charge is -2.06. The summed E-state index contributed by atoms with van der Waals surface area (Å²) in [5, 5.41) is 0.526. The van der Waals surface area contributed by atoms with Crippen LogP contribution < -0.4 is 0 Å². The Bertz CT molecular complexity index is 396. The smallest absolute Gasteiger partial charge is 0.172 e. The third-order valence-corrected chi connectivity index (χ3v) is 4.06. The number of ketones is 1. The minimum absolute atomic E-state index is 0.272. The maximum Gasteiger partial charge on any atom is 0.172 e. The molecule has 0 N–H and O–H groups in total. The summed E-state index contributed by atoms with van der Waals surface area (Å²) in [5.41, 5.74) is 3.72. The van der Waals surface area contributed by atoms with Gasteiger partial charge in [-0.05, 0) is 41.7 Å². The predicted octanol–water partition coefficient (Wildman–Crippen LogP) is 3.50. The molecule has 0 bridgehead atoms. The molecule has 2 rings (SSSR count). The Kier molecular flexibility index (Phi) is 3.70. The summed E-state index contributed by atoms with van der Waals surface area (Å²) in [6, 6.07) is 6.23. The van der Waals surface area contributed by atoms with Crippen LogP contribution in [0.25, 0.3) is 0 Å². The Morgan fingerprint density at radius 2 is 2.06 bits per heavy atom. The molecule has 86 valence electrons. The third kappa shape index (κ3) is 2.67. The van der Waals surface area contributed by atoms with Gasteiger partial charge in [0.25, 0.3) is 0 Å².